The molecule has 0 aliphatic carbocycles. The Bertz CT molecular complexity index is 276. The lowest BCUT2D eigenvalue weighted by Crippen LogP contribution is -2.01. The fourth-order valence-electron chi connectivity index (χ4n) is 0.682. The van der Waals surface area contributed by atoms with E-state index in [-0.39, 0.29) is 23.0 Å². The van der Waals surface area contributed by atoms with Gasteiger partial charge in [0.2, 0.25) is 0 Å². The molecule has 0 N–H and O–H groups in total. The lowest BCUT2D eigenvalue weighted by molar-refractivity contribution is -0.131. The second-order valence-electron chi connectivity index (χ2n) is 2.02. The number of benzene rings is 1. The molecular weight excluding hydrogens is 243 g/mol. The minimum absolute atomic E-state index is 0. The van der Waals surface area contributed by atoms with Gasteiger partial charge in [0.25, 0.3) is 0 Å². The van der Waals surface area contributed by atoms with Crippen LogP contribution in [0.3, 0.4) is 0 Å². The van der Waals surface area contributed by atoms with Crippen LogP contribution in [-0.4, -0.2) is 5.97 Å². The Morgan fingerprint density at radius 1 is 1.42 bits per heavy atom. The minimum Gasteiger partial charge on any atom is -0.425 e. The molecule has 12 heavy (non-hydrogen) atoms. The van der Waals surface area contributed by atoms with E-state index >= 15 is 0 Å². The fraction of sp³-hybridized carbons (Fsp3) is 0.125. The number of rotatable bonds is 1. The summed E-state index contributed by atoms with van der Waals surface area (Å²) < 4.78 is 4.77. The van der Waals surface area contributed by atoms with Crippen molar-refractivity contribution < 1.29 is 9.53 Å². The van der Waals surface area contributed by atoms with Crippen molar-refractivity contribution in [2.24, 2.45) is 0 Å². The summed E-state index contributed by atoms with van der Waals surface area (Å²) in [7, 11) is 0. The maximum atomic E-state index is 10.5. The van der Waals surface area contributed by atoms with Crippen molar-refractivity contribution >= 4 is 34.6 Å². The van der Waals surface area contributed by atoms with Crippen LogP contribution in [0.2, 0.25) is 5.02 Å². The summed E-state index contributed by atoms with van der Waals surface area (Å²) in [6, 6.07) is 6.84. The largest absolute Gasteiger partial charge is 0.425 e. The molecule has 2 nitrogen and oxygen atoms in total. The van der Waals surface area contributed by atoms with Crippen molar-refractivity contribution in [3.63, 3.8) is 0 Å². The highest BCUT2D eigenvalue weighted by molar-refractivity contribution is 8.93. The van der Waals surface area contributed by atoms with Crippen molar-refractivity contribution in [3.05, 3.63) is 29.3 Å². The number of esters is 1. The SMILES string of the molecule is Br.CC(=O)Oc1ccccc1Cl. The zero-order chi connectivity index (χ0) is 8.27. The van der Waals surface area contributed by atoms with E-state index in [0.29, 0.717) is 10.8 Å². The number of para-hydroxylation sites is 1. The van der Waals surface area contributed by atoms with Gasteiger partial charge in [0, 0.05) is 6.92 Å². The van der Waals surface area contributed by atoms with Crippen LogP contribution in [0, 0.1) is 0 Å². The van der Waals surface area contributed by atoms with Gasteiger partial charge in [-0.25, -0.2) is 0 Å². The zero-order valence-electron chi connectivity index (χ0n) is 6.41. The van der Waals surface area contributed by atoms with Crippen LogP contribution in [0.25, 0.3) is 0 Å². The van der Waals surface area contributed by atoms with Gasteiger partial charge in [-0.05, 0) is 12.1 Å². The first-order chi connectivity index (χ1) is 5.20. The lowest BCUT2D eigenvalue weighted by Gasteiger charge is -2.01. The molecular formula is C8H8BrClO2. The molecule has 0 spiro atoms. The van der Waals surface area contributed by atoms with Gasteiger partial charge in [-0.2, -0.15) is 0 Å². The molecule has 4 heteroatoms. The van der Waals surface area contributed by atoms with Crippen LogP contribution in [0.5, 0.6) is 5.75 Å². The topological polar surface area (TPSA) is 26.3 Å². The van der Waals surface area contributed by atoms with Crippen molar-refractivity contribution in [2.45, 2.75) is 6.92 Å². The highest BCUT2D eigenvalue weighted by Gasteiger charge is 2.00. The van der Waals surface area contributed by atoms with Crippen LogP contribution in [0.1, 0.15) is 6.92 Å². The van der Waals surface area contributed by atoms with Gasteiger partial charge in [-0.3, -0.25) is 4.79 Å². The molecule has 0 saturated carbocycles. The molecule has 0 bridgehead atoms. The fourth-order valence-corrected chi connectivity index (χ4v) is 0.857. The van der Waals surface area contributed by atoms with Crippen LogP contribution < -0.4 is 4.74 Å². The average Bonchev–Trinajstić information content (AvgIpc) is 1.93. The second kappa shape index (κ2) is 5.17. The molecule has 0 aliphatic rings. The predicted octanol–water partition coefficient (Wildman–Crippen LogP) is 2.84. The van der Waals surface area contributed by atoms with Gasteiger partial charge in [0.05, 0.1) is 5.02 Å². The molecule has 0 saturated heterocycles. The Kier molecular flexibility index (Phi) is 4.93. The number of halogens is 2. The number of carbonyl (C=O) groups is 1. The Labute approximate surface area is 86.3 Å². The van der Waals surface area contributed by atoms with E-state index in [0.717, 1.165) is 0 Å². The molecule has 0 heterocycles. The van der Waals surface area contributed by atoms with E-state index in [4.69, 9.17) is 16.3 Å². The molecule has 0 aromatic heterocycles. The van der Waals surface area contributed by atoms with E-state index in [1.807, 2.05) is 0 Å². The van der Waals surface area contributed by atoms with Crippen LogP contribution in [0.15, 0.2) is 24.3 Å². The highest BCUT2D eigenvalue weighted by atomic mass is 79.9. The normalized spacial score (nSPS) is 8.50. The average molecular weight is 252 g/mol. The van der Waals surface area contributed by atoms with Gasteiger partial charge < -0.3 is 4.74 Å². The smallest absolute Gasteiger partial charge is 0.308 e. The zero-order valence-corrected chi connectivity index (χ0v) is 8.88. The van der Waals surface area contributed by atoms with E-state index in [2.05, 4.69) is 0 Å². The highest BCUT2D eigenvalue weighted by Crippen LogP contribution is 2.22. The third-order valence-corrected chi connectivity index (χ3v) is 1.40. The summed E-state index contributed by atoms with van der Waals surface area (Å²) in [4.78, 5) is 10.5. The lowest BCUT2D eigenvalue weighted by atomic mass is 10.3. The maximum Gasteiger partial charge on any atom is 0.308 e. The molecule has 1 rings (SSSR count). The van der Waals surface area contributed by atoms with Crippen LogP contribution >= 0.6 is 28.6 Å². The molecule has 0 aliphatic heterocycles. The Balaban J connectivity index is 0.00000121. The molecule has 0 amide bonds. The molecule has 66 valence electrons. The molecule has 0 radical (unpaired) electrons. The molecule has 0 atom stereocenters. The Hall–Kier alpha value is -0.540. The van der Waals surface area contributed by atoms with Crippen molar-refractivity contribution in [1.82, 2.24) is 0 Å². The summed E-state index contributed by atoms with van der Waals surface area (Å²) in [5.41, 5.74) is 0. The van der Waals surface area contributed by atoms with Crippen molar-refractivity contribution in [2.75, 3.05) is 0 Å². The van der Waals surface area contributed by atoms with E-state index in [9.17, 15) is 4.79 Å². The van der Waals surface area contributed by atoms with Gasteiger partial charge in [-0.15, -0.1) is 17.0 Å². The standard InChI is InChI=1S/C8H7ClO2.BrH/c1-6(10)11-8-5-3-2-4-7(8)9;/h2-5H,1H3;1H. The first kappa shape index (κ1) is 11.5. The summed E-state index contributed by atoms with van der Waals surface area (Å²) in [6.45, 7) is 1.34. The summed E-state index contributed by atoms with van der Waals surface area (Å²) in [5.74, 6) is 0.0415. The number of hydrogen-bond acceptors (Lipinski definition) is 2. The van der Waals surface area contributed by atoms with Crippen molar-refractivity contribution in [1.29, 1.82) is 0 Å². The van der Waals surface area contributed by atoms with Gasteiger partial charge >= 0.3 is 5.97 Å². The molecule has 0 fully saturated rings. The number of ether oxygens (including phenoxy) is 1. The summed E-state index contributed by atoms with van der Waals surface area (Å²) in [6.07, 6.45) is 0. The van der Waals surface area contributed by atoms with Crippen LogP contribution in [-0.2, 0) is 4.79 Å². The molecule has 1 aromatic carbocycles. The van der Waals surface area contributed by atoms with E-state index < -0.39 is 0 Å². The van der Waals surface area contributed by atoms with Crippen molar-refractivity contribution in [3.8, 4) is 5.75 Å². The third kappa shape index (κ3) is 3.24. The Morgan fingerprint density at radius 3 is 2.50 bits per heavy atom. The summed E-state index contributed by atoms with van der Waals surface area (Å²) >= 11 is 5.69. The third-order valence-electron chi connectivity index (χ3n) is 1.09. The number of carbonyl (C=O) groups excluding carboxylic acids is 1. The van der Waals surface area contributed by atoms with Gasteiger partial charge in [0.15, 0.2) is 0 Å². The second-order valence-corrected chi connectivity index (χ2v) is 2.43. The summed E-state index contributed by atoms with van der Waals surface area (Å²) in [5, 5.41) is 0.447. The van der Waals surface area contributed by atoms with Gasteiger partial charge in [0.1, 0.15) is 5.75 Å². The molecule has 1 aromatic rings. The Morgan fingerprint density at radius 2 is 2.00 bits per heavy atom. The first-order valence-corrected chi connectivity index (χ1v) is 3.51. The minimum atomic E-state index is -0.363. The monoisotopic (exact) mass is 250 g/mol. The number of hydrogen-bond donors (Lipinski definition) is 0. The van der Waals surface area contributed by atoms with Gasteiger partial charge in [-0.1, -0.05) is 23.7 Å². The van der Waals surface area contributed by atoms with E-state index in [1.54, 1.807) is 24.3 Å². The molecule has 0 unspecified atom stereocenters. The maximum absolute atomic E-state index is 10.5. The van der Waals surface area contributed by atoms with E-state index in [1.165, 1.54) is 6.92 Å². The first-order valence-electron chi connectivity index (χ1n) is 3.13. The predicted molar refractivity (Wildman–Crippen MR) is 53.1 cm³/mol. The quantitative estimate of drug-likeness (QED) is 0.567. The van der Waals surface area contributed by atoms with Crippen LogP contribution in [0.4, 0.5) is 0 Å².